The van der Waals surface area contributed by atoms with E-state index in [4.69, 9.17) is 10.5 Å². The van der Waals surface area contributed by atoms with Gasteiger partial charge < -0.3 is 10.5 Å². The smallest absolute Gasteiger partial charge is 0.137 e. The Kier molecular flexibility index (Phi) is 5.15. The summed E-state index contributed by atoms with van der Waals surface area (Å²) in [5, 5.41) is 0. The summed E-state index contributed by atoms with van der Waals surface area (Å²) < 4.78 is 19.3. The van der Waals surface area contributed by atoms with Gasteiger partial charge in [-0.3, -0.25) is 0 Å². The maximum absolute atomic E-state index is 13.1. The molecule has 2 unspecified atom stereocenters. The molecule has 1 heterocycles. The average molecular weight is 316 g/mol. The summed E-state index contributed by atoms with van der Waals surface area (Å²) in [7, 11) is 0. The number of ether oxygens (including phenoxy) is 1. The Morgan fingerprint density at radius 2 is 2.28 bits per heavy atom. The molecule has 4 heteroatoms. The minimum atomic E-state index is -0.233. The molecule has 0 amide bonds. The standard InChI is InChI=1S/C14H19BrFNO/c15-13-8-10(4-5-14(13)16)7-11(17)9-12-3-1-2-6-18-12/h4-5,8,11-12H,1-3,6-7,9,17H2. The summed E-state index contributed by atoms with van der Waals surface area (Å²) in [4.78, 5) is 0. The molecule has 0 spiro atoms. The monoisotopic (exact) mass is 315 g/mol. The second-order valence-corrected chi connectivity index (χ2v) is 5.79. The average Bonchev–Trinajstić information content (AvgIpc) is 2.35. The van der Waals surface area contributed by atoms with E-state index in [1.165, 1.54) is 12.5 Å². The predicted molar refractivity (Wildman–Crippen MR) is 74.0 cm³/mol. The Morgan fingerprint density at radius 3 is 2.94 bits per heavy atom. The summed E-state index contributed by atoms with van der Waals surface area (Å²) in [5.74, 6) is -0.233. The lowest BCUT2D eigenvalue weighted by Gasteiger charge is -2.25. The van der Waals surface area contributed by atoms with Gasteiger partial charge in [-0.25, -0.2) is 4.39 Å². The zero-order valence-electron chi connectivity index (χ0n) is 10.4. The third-order valence-corrected chi connectivity index (χ3v) is 3.93. The second-order valence-electron chi connectivity index (χ2n) is 4.94. The van der Waals surface area contributed by atoms with Crippen LogP contribution in [0.3, 0.4) is 0 Å². The molecule has 18 heavy (non-hydrogen) atoms. The molecule has 1 fully saturated rings. The quantitative estimate of drug-likeness (QED) is 0.924. The number of benzene rings is 1. The van der Waals surface area contributed by atoms with Crippen molar-refractivity contribution >= 4 is 15.9 Å². The van der Waals surface area contributed by atoms with E-state index in [1.54, 1.807) is 12.1 Å². The summed E-state index contributed by atoms with van der Waals surface area (Å²) in [6.45, 7) is 0.861. The van der Waals surface area contributed by atoms with Crippen LogP contribution in [0.25, 0.3) is 0 Å². The van der Waals surface area contributed by atoms with E-state index in [-0.39, 0.29) is 11.9 Å². The summed E-state index contributed by atoms with van der Waals surface area (Å²) in [6.07, 6.45) is 5.46. The lowest BCUT2D eigenvalue weighted by Crippen LogP contribution is -2.31. The lowest BCUT2D eigenvalue weighted by atomic mass is 9.97. The van der Waals surface area contributed by atoms with Crippen molar-refractivity contribution < 1.29 is 9.13 Å². The van der Waals surface area contributed by atoms with Crippen LogP contribution in [-0.2, 0) is 11.2 Å². The molecular weight excluding hydrogens is 297 g/mol. The molecule has 0 radical (unpaired) electrons. The van der Waals surface area contributed by atoms with Crippen LogP contribution in [0.15, 0.2) is 22.7 Å². The van der Waals surface area contributed by atoms with Crippen molar-refractivity contribution in [2.24, 2.45) is 5.73 Å². The van der Waals surface area contributed by atoms with Gasteiger partial charge in [0.25, 0.3) is 0 Å². The molecule has 1 aromatic rings. The van der Waals surface area contributed by atoms with Gasteiger partial charge >= 0.3 is 0 Å². The van der Waals surface area contributed by atoms with Gasteiger partial charge in [0.15, 0.2) is 0 Å². The van der Waals surface area contributed by atoms with Gasteiger partial charge in [0, 0.05) is 12.6 Å². The Labute approximate surface area is 116 Å². The minimum Gasteiger partial charge on any atom is -0.378 e. The molecule has 1 aliphatic rings. The molecule has 2 N–H and O–H groups in total. The summed E-state index contributed by atoms with van der Waals surface area (Å²) >= 11 is 3.19. The second kappa shape index (κ2) is 6.64. The molecule has 2 nitrogen and oxygen atoms in total. The van der Waals surface area contributed by atoms with Crippen molar-refractivity contribution in [2.45, 2.75) is 44.2 Å². The first kappa shape index (κ1) is 14.0. The number of rotatable bonds is 4. The molecule has 0 saturated carbocycles. The first-order valence-corrected chi connectivity index (χ1v) is 7.25. The maximum atomic E-state index is 13.1. The third kappa shape index (κ3) is 4.04. The molecule has 0 aliphatic carbocycles. The zero-order valence-corrected chi connectivity index (χ0v) is 12.0. The van der Waals surface area contributed by atoms with Crippen LogP contribution in [0.1, 0.15) is 31.2 Å². The molecular formula is C14H19BrFNO. The highest BCUT2D eigenvalue weighted by Crippen LogP contribution is 2.20. The minimum absolute atomic E-state index is 0.0745. The Hall–Kier alpha value is -0.450. The fourth-order valence-corrected chi connectivity index (χ4v) is 2.81. The molecule has 100 valence electrons. The van der Waals surface area contributed by atoms with E-state index in [1.807, 2.05) is 0 Å². The molecule has 0 aromatic heterocycles. The summed E-state index contributed by atoms with van der Waals surface area (Å²) in [5.41, 5.74) is 7.20. The number of hydrogen-bond donors (Lipinski definition) is 1. The highest BCUT2D eigenvalue weighted by molar-refractivity contribution is 9.10. The Bertz CT molecular complexity index is 393. The number of nitrogens with two attached hydrogens (primary N) is 1. The van der Waals surface area contributed by atoms with Crippen LogP contribution < -0.4 is 5.73 Å². The molecule has 1 aromatic carbocycles. The van der Waals surface area contributed by atoms with E-state index in [2.05, 4.69) is 15.9 Å². The van der Waals surface area contributed by atoms with Crippen molar-refractivity contribution in [3.63, 3.8) is 0 Å². The van der Waals surface area contributed by atoms with Crippen molar-refractivity contribution in [1.29, 1.82) is 0 Å². The van der Waals surface area contributed by atoms with Crippen LogP contribution in [-0.4, -0.2) is 18.8 Å². The first-order valence-electron chi connectivity index (χ1n) is 6.46. The zero-order chi connectivity index (χ0) is 13.0. The largest absolute Gasteiger partial charge is 0.378 e. The molecule has 2 atom stereocenters. The maximum Gasteiger partial charge on any atom is 0.137 e. The predicted octanol–water partition coefficient (Wildman–Crippen LogP) is 3.42. The van der Waals surface area contributed by atoms with Gasteiger partial charge in [0.2, 0.25) is 0 Å². The lowest BCUT2D eigenvalue weighted by molar-refractivity contribution is 0.00747. The third-order valence-electron chi connectivity index (χ3n) is 3.32. The molecule has 2 rings (SSSR count). The van der Waals surface area contributed by atoms with Crippen molar-refractivity contribution in [3.8, 4) is 0 Å². The van der Waals surface area contributed by atoms with Crippen LogP contribution in [0.4, 0.5) is 4.39 Å². The van der Waals surface area contributed by atoms with E-state index < -0.39 is 0 Å². The Balaban J connectivity index is 1.85. The summed E-state index contributed by atoms with van der Waals surface area (Å²) in [6, 6.07) is 5.15. The van der Waals surface area contributed by atoms with Crippen molar-refractivity contribution in [3.05, 3.63) is 34.1 Å². The highest BCUT2D eigenvalue weighted by Gasteiger charge is 2.17. The van der Waals surface area contributed by atoms with Crippen LogP contribution in [0.5, 0.6) is 0 Å². The van der Waals surface area contributed by atoms with E-state index in [0.717, 1.165) is 37.9 Å². The fraction of sp³-hybridized carbons (Fsp3) is 0.571. The van der Waals surface area contributed by atoms with Gasteiger partial charge in [-0.05, 0) is 65.7 Å². The highest BCUT2D eigenvalue weighted by atomic mass is 79.9. The van der Waals surface area contributed by atoms with Gasteiger partial charge in [0.05, 0.1) is 10.6 Å². The first-order chi connectivity index (χ1) is 8.65. The van der Waals surface area contributed by atoms with Gasteiger partial charge in [0.1, 0.15) is 5.82 Å². The van der Waals surface area contributed by atoms with E-state index >= 15 is 0 Å². The number of halogens is 2. The van der Waals surface area contributed by atoms with Crippen LogP contribution >= 0.6 is 15.9 Å². The molecule has 0 bridgehead atoms. The SMILES string of the molecule is NC(Cc1ccc(F)c(Br)c1)CC1CCCCO1. The topological polar surface area (TPSA) is 35.2 Å². The van der Waals surface area contributed by atoms with Crippen LogP contribution in [0, 0.1) is 5.82 Å². The van der Waals surface area contributed by atoms with Gasteiger partial charge in [-0.15, -0.1) is 0 Å². The van der Waals surface area contributed by atoms with E-state index in [9.17, 15) is 4.39 Å². The van der Waals surface area contributed by atoms with Gasteiger partial charge in [-0.2, -0.15) is 0 Å². The van der Waals surface area contributed by atoms with Crippen molar-refractivity contribution in [1.82, 2.24) is 0 Å². The molecule has 1 saturated heterocycles. The fourth-order valence-electron chi connectivity index (χ4n) is 2.38. The van der Waals surface area contributed by atoms with Crippen LogP contribution in [0.2, 0.25) is 0 Å². The molecule has 1 aliphatic heterocycles. The number of hydrogen-bond acceptors (Lipinski definition) is 2. The van der Waals surface area contributed by atoms with Crippen molar-refractivity contribution in [2.75, 3.05) is 6.61 Å². The van der Waals surface area contributed by atoms with E-state index in [0.29, 0.717) is 10.6 Å². The Morgan fingerprint density at radius 1 is 1.44 bits per heavy atom. The van der Waals surface area contributed by atoms with Gasteiger partial charge in [-0.1, -0.05) is 6.07 Å². The normalized spacial score (nSPS) is 21.8.